The molecule has 0 bridgehead atoms. The zero-order valence-electron chi connectivity index (χ0n) is 51.0. The molecule has 0 spiro atoms. The number of hydrogen-bond donors (Lipinski definition) is 0. The van der Waals surface area contributed by atoms with Crippen LogP contribution in [0.2, 0.25) is 0 Å². The van der Waals surface area contributed by atoms with E-state index >= 15 is 0 Å². The fourth-order valence-corrected chi connectivity index (χ4v) is 9.32. The molecule has 0 saturated carbocycles. The molecule has 0 saturated heterocycles. The van der Waals surface area contributed by atoms with Gasteiger partial charge < -0.3 is 14.2 Å². The van der Waals surface area contributed by atoms with Gasteiger partial charge in [-0.3, -0.25) is 14.4 Å². The minimum atomic E-state index is -0.788. The summed E-state index contributed by atoms with van der Waals surface area (Å²) >= 11 is 0. The summed E-state index contributed by atoms with van der Waals surface area (Å²) < 4.78 is 16.9. The molecule has 0 rings (SSSR count). The van der Waals surface area contributed by atoms with Crippen LogP contribution in [0.4, 0.5) is 0 Å². The standard InChI is InChI=1S/C71H124O6/c1-4-7-10-13-16-19-22-24-26-28-30-31-32-33-34-35-36-37-38-39-41-42-44-46-49-52-55-58-61-64-70(73)76-67-68(66-75-69(72)63-60-57-54-51-48-21-18-15-12-9-6-3)77-71(74)65-62-59-56-53-50-47-45-43-40-29-27-25-23-20-17-14-11-8-5-2/h15,17-18,20,22,24-25,27-28,30,32-33,40,43,68H,4-14,16,19,21,23,26,29,31,34-39,41-42,44-67H2,1-3H3/b18-15-,20-17-,24-22-,27-25-,30-28-,33-32-,43-40-. The van der Waals surface area contributed by atoms with E-state index in [4.69, 9.17) is 14.2 Å². The topological polar surface area (TPSA) is 78.9 Å². The highest BCUT2D eigenvalue weighted by Gasteiger charge is 2.19. The van der Waals surface area contributed by atoms with Gasteiger partial charge in [-0.25, -0.2) is 0 Å². The van der Waals surface area contributed by atoms with Crippen molar-refractivity contribution in [1.29, 1.82) is 0 Å². The van der Waals surface area contributed by atoms with Gasteiger partial charge >= 0.3 is 17.9 Å². The molecule has 0 radical (unpaired) electrons. The molecule has 6 nitrogen and oxygen atoms in total. The van der Waals surface area contributed by atoms with E-state index < -0.39 is 6.10 Å². The van der Waals surface area contributed by atoms with Crippen molar-refractivity contribution >= 4 is 17.9 Å². The van der Waals surface area contributed by atoms with Gasteiger partial charge in [-0.2, -0.15) is 0 Å². The summed E-state index contributed by atoms with van der Waals surface area (Å²) in [5, 5.41) is 0. The van der Waals surface area contributed by atoms with Gasteiger partial charge in [0.25, 0.3) is 0 Å². The van der Waals surface area contributed by atoms with E-state index in [2.05, 4.69) is 106 Å². The highest BCUT2D eigenvalue weighted by atomic mass is 16.6. The monoisotopic (exact) mass is 1070 g/mol. The summed E-state index contributed by atoms with van der Waals surface area (Å²) in [5.74, 6) is -0.896. The Labute approximate surface area is 477 Å². The molecule has 0 aliphatic heterocycles. The molecule has 1 unspecified atom stereocenters. The molecule has 0 N–H and O–H groups in total. The van der Waals surface area contributed by atoms with E-state index in [0.717, 1.165) is 103 Å². The molecule has 0 fully saturated rings. The third-order valence-electron chi connectivity index (χ3n) is 14.3. The van der Waals surface area contributed by atoms with Crippen molar-refractivity contribution in [3.8, 4) is 0 Å². The Morgan fingerprint density at radius 2 is 0.481 bits per heavy atom. The van der Waals surface area contributed by atoms with Gasteiger partial charge in [0.05, 0.1) is 0 Å². The predicted octanol–water partition coefficient (Wildman–Crippen LogP) is 22.7. The molecule has 0 aromatic rings. The molecular formula is C71H124O6. The van der Waals surface area contributed by atoms with Crippen molar-refractivity contribution in [2.75, 3.05) is 13.2 Å². The lowest BCUT2D eigenvalue weighted by Gasteiger charge is -2.18. The van der Waals surface area contributed by atoms with Crippen LogP contribution in [0.15, 0.2) is 85.1 Å². The average molecular weight is 1070 g/mol. The minimum absolute atomic E-state index is 0.0834. The lowest BCUT2D eigenvalue weighted by Crippen LogP contribution is -2.30. The van der Waals surface area contributed by atoms with Gasteiger partial charge in [0.15, 0.2) is 6.10 Å². The summed E-state index contributed by atoms with van der Waals surface area (Å²) in [6.07, 6.45) is 86.0. The van der Waals surface area contributed by atoms with E-state index in [9.17, 15) is 14.4 Å². The smallest absolute Gasteiger partial charge is 0.306 e. The highest BCUT2D eigenvalue weighted by Crippen LogP contribution is 2.16. The molecule has 0 heterocycles. The Kier molecular flexibility index (Phi) is 62.2. The average Bonchev–Trinajstić information content (AvgIpc) is 3.43. The van der Waals surface area contributed by atoms with Crippen LogP contribution in [0, 0.1) is 0 Å². The molecule has 0 aliphatic rings. The molecule has 0 aliphatic carbocycles. The fraction of sp³-hybridized carbons (Fsp3) is 0.761. The van der Waals surface area contributed by atoms with Crippen LogP contribution in [0.3, 0.4) is 0 Å². The number of unbranched alkanes of at least 4 members (excludes halogenated alkanes) is 35. The zero-order valence-corrected chi connectivity index (χ0v) is 51.0. The molecule has 0 aromatic heterocycles. The Morgan fingerprint density at radius 3 is 0.805 bits per heavy atom. The van der Waals surface area contributed by atoms with Crippen LogP contribution in [0.5, 0.6) is 0 Å². The predicted molar refractivity (Wildman–Crippen MR) is 334 cm³/mol. The first-order valence-corrected chi connectivity index (χ1v) is 33.1. The van der Waals surface area contributed by atoms with Gasteiger partial charge in [0.1, 0.15) is 13.2 Å². The van der Waals surface area contributed by atoms with E-state index in [0.29, 0.717) is 19.3 Å². The van der Waals surface area contributed by atoms with Crippen molar-refractivity contribution < 1.29 is 28.6 Å². The first-order chi connectivity index (χ1) is 38.0. The summed E-state index contributed by atoms with van der Waals surface area (Å²) in [7, 11) is 0. The molecule has 0 aromatic carbocycles. The number of ether oxygens (including phenoxy) is 3. The second kappa shape index (κ2) is 65.1. The van der Waals surface area contributed by atoms with Gasteiger partial charge in [-0.05, 0) is 116 Å². The third kappa shape index (κ3) is 63.3. The maximum atomic E-state index is 12.9. The largest absolute Gasteiger partial charge is 0.462 e. The highest BCUT2D eigenvalue weighted by molar-refractivity contribution is 5.71. The van der Waals surface area contributed by atoms with Crippen LogP contribution in [0.25, 0.3) is 0 Å². The Morgan fingerprint density at radius 1 is 0.260 bits per heavy atom. The second-order valence-electron chi connectivity index (χ2n) is 22.0. The summed E-state index contributed by atoms with van der Waals surface area (Å²) in [6, 6.07) is 0. The zero-order chi connectivity index (χ0) is 55.7. The van der Waals surface area contributed by atoms with Gasteiger partial charge in [0.2, 0.25) is 0 Å². The van der Waals surface area contributed by atoms with Crippen molar-refractivity contribution in [1.82, 2.24) is 0 Å². The van der Waals surface area contributed by atoms with Gasteiger partial charge in [-0.1, -0.05) is 279 Å². The van der Waals surface area contributed by atoms with Gasteiger partial charge in [0, 0.05) is 19.3 Å². The van der Waals surface area contributed by atoms with Crippen LogP contribution in [0.1, 0.15) is 329 Å². The van der Waals surface area contributed by atoms with E-state index in [1.807, 2.05) is 0 Å². The molecule has 444 valence electrons. The molecule has 77 heavy (non-hydrogen) atoms. The molecule has 1 atom stereocenters. The first-order valence-electron chi connectivity index (χ1n) is 33.1. The van der Waals surface area contributed by atoms with Crippen molar-refractivity contribution in [3.63, 3.8) is 0 Å². The fourth-order valence-electron chi connectivity index (χ4n) is 9.32. The summed E-state index contributed by atoms with van der Waals surface area (Å²) in [5.41, 5.74) is 0. The Balaban J connectivity index is 4.23. The van der Waals surface area contributed by atoms with E-state index in [1.165, 1.54) is 186 Å². The molecule has 0 amide bonds. The summed E-state index contributed by atoms with van der Waals surface area (Å²) in [6.45, 7) is 6.57. The quantitative estimate of drug-likeness (QED) is 0.0261. The normalized spacial score (nSPS) is 12.6. The number of allylic oxidation sites excluding steroid dienone is 14. The number of carbonyl (C=O) groups excluding carboxylic acids is 3. The lowest BCUT2D eigenvalue weighted by molar-refractivity contribution is -0.167. The first kappa shape index (κ1) is 73.6. The Hall–Kier alpha value is -3.41. The number of esters is 3. The van der Waals surface area contributed by atoms with Crippen LogP contribution in [-0.4, -0.2) is 37.2 Å². The maximum absolute atomic E-state index is 12.9. The molecular weight excluding hydrogens is 949 g/mol. The minimum Gasteiger partial charge on any atom is -0.462 e. The third-order valence-corrected chi connectivity index (χ3v) is 14.3. The molecule has 6 heteroatoms. The van der Waals surface area contributed by atoms with Crippen LogP contribution < -0.4 is 0 Å². The second-order valence-corrected chi connectivity index (χ2v) is 22.0. The van der Waals surface area contributed by atoms with Crippen molar-refractivity contribution in [3.05, 3.63) is 85.1 Å². The van der Waals surface area contributed by atoms with Crippen molar-refractivity contribution in [2.24, 2.45) is 0 Å². The number of rotatable bonds is 60. The van der Waals surface area contributed by atoms with Crippen LogP contribution in [-0.2, 0) is 28.6 Å². The maximum Gasteiger partial charge on any atom is 0.306 e. The Bertz CT molecular complexity index is 1470. The van der Waals surface area contributed by atoms with Crippen LogP contribution >= 0.6 is 0 Å². The SMILES string of the molecule is CCCC/C=C\CCCCCCCC(=O)OCC(COC(=O)CCCCCCCCCCCCCCCC/C=C\C/C=C\C/C=C\CCCCCCC)OC(=O)CCCCCCCC/C=C\C/C=C\C/C=C\CCCCC. The summed E-state index contributed by atoms with van der Waals surface area (Å²) in [4.78, 5) is 38.3. The number of carbonyl (C=O) groups is 3. The lowest BCUT2D eigenvalue weighted by atomic mass is 10.0. The van der Waals surface area contributed by atoms with E-state index in [1.54, 1.807) is 0 Å². The van der Waals surface area contributed by atoms with E-state index in [-0.39, 0.29) is 31.1 Å². The van der Waals surface area contributed by atoms with Gasteiger partial charge in [-0.15, -0.1) is 0 Å². The van der Waals surface area contributed by atoms with Crippen molar-refractivity contribution in [2.45, 2.75) is 335 Å². The number of hydrogen-bond acceptors (Lipinski definition) is 6.